The Hall–Kier alpha value is -0.610. The van der Waals surface area contributed by atoms with Crippen LogP contribution in [-0.4, -0.2) is 49.6 Å². The van der Waals surface area contributed by atoms with Gasteiger partial charge in [0.25, 0.3) is 0 Å². The van der Waals surface area contributed by atoms with Gasteiger partial charge in [0.15, 0.2) is 0 Å². The molecule has 1 aliphatic rings. The minimum Gasteiger partial charge on any atom is -0.353 e. The number of hydrogen-bond donors (Lipinski definition) is 2. The van der Waals surface area contributed by atoms with E-state index in [0.717, 1.165) is 32.5 Å². The number of amides is 1. The van der Waals surface area contributed by atoms with Gasteiger partial charge < -0.3 is 15.5 Å². The summed E-state index contributed by atoms with van der Waals surface area (Å²) in [5.41, 5.74) is 0. The van der Waals surface area contributed by atoms with E-state index in [1.165, 1.54) is 6.42 Å². The Morgan fingerprint density at radius 2 is 2.25 bits per heavy atom. The fourth-order valence-corrected chi connectivity index (χ4v) is 1.81. The normalized spacial score (nSPS) is 21.4. The number of hydrogen-bond acceptors (Lipinski definition) is 3. The van der Waals surface area contributed by atoms with Gasteiger partial charge in [-0.15, -0.1) is 0 Å². The molecule has 0 aromatic heterocycles. The van der Waals surface area contributed by atoms with Crippen molar-refractivity contribution in [3.63, 3.8) is 0 Å². The molecule has 0 radical (unpaired) electrons. The molecule has 1 aliphatic heterocycles. The largest absolute Gasteiger partial charge is 0.353 e. The van der Waals surface area contributed by atoms with Crippen molar-refractivity contribution < 1.29 is 4.79 Å². The molecule has 1 saturated heterocycles. The first kappa shape index (κ1) is 13.5. The predicted molar refractivity (Wildman–Crippen MR) is 66.4 cm³/mol. The van der Waals surface area contributed by atoms with E-state index in [-0.39, 0.29) is 11.9 Å². The maximum atomic E-state index is 11.8. The SMILES string of the molecule is CC(C)N(C)CCNC(=O)[C@@H]1CCCCN1. The van der Waals surface area contributed by atoms with Gasteiger partial charge >= 0.3 is 0 Å². The predicted octanol–water partition coefficient (Wildman–Crippen LogP) is 0.585. The summed E-state index contributed by atoms with van der Waals surface area (Å²) in [7, 11) is 2.08. The number of carbonyl (C=O) groups excluding carboxylic acids is 1. The topological polar surface area (TPSA) is 44.4 Å². The highest BCUT2D eigenvalue weighted by Crippen LogP contribution is 2.06. The van der Waals surface area contributed by atoms with E-state index < -0.39 is 0 Å². The van der Waals surface area contributed by atoms with E-state index in [0.29, 0.717) is 6.04 Å². The van der Waals surface area contributed by atoms with Crippen LogP contribution in [0, 0.1) is 0 Å². The monoisotopic (exact) mass is 227 g/mol. The van der Waals surface area contributed by atoms with Crippen molar-refractivity contribution in [2.45, 2.75) is 45.2 Å². The lowest BCUT2D eigenvalue weighted by Crippen LogP contribution is -2.48. The summed E-state index contributed by atoms with van der Waals surface area (Å²) in [6, 6.07) is 0.572. The Bertz CT molecular complexity index is 212. The van der Waals surface area contributed by atoms with Gasteiger partial charge in [0.1, 0.15) is 0 Å². The van der Waals surface area contributed by atoms with Crippen molar-refractivity contribution in [2.75, 3.05) is 26.7 Å². The third kappa shape index (κ3) is 4.49. The molecule has 0 aromatic rings. The molecule has 4 heteroatoms. The van der Waals surface area contributed by atoms with E-state index in [9.17, 15) is 4.79 Å². The minimum atomic E-state index is 0.0399. The molecule has 4 nitrogen and oxygen atoms in total. The number of nitrogens with one attached hydrogen (secondary N) is 2. The first-order valence-electron chi connectivity index (χ1n) is 6.32. The van der Waals surface area contributed by atoms with Crippen LogP contribution in [0.2, 0.25) is 0 Å². The highest BCUT2D eigenvalue weighted by molar-refractivity contribution is 5.81. The molecule has 16 heavy (non-hydrogen) atoms. The third-order valence-corrected chi connectivity index (χ3v) is 3.27. The molecular formula is C12H25N3O. The minimum absolute atomic E-state index is 0.0399. The first-order valence-corrected chi connectivity index (χ1v) is 6.32. The molecule has 1 fully saturated rings. The lowest BCUT2D eigenvalue weighted by Gasteiger charge is -2.24. The van der Waals surface area contributed by atoms with Crippen LogP contribution in [0.3, 0.4) is 0 Å². The molecule has 1 amide bonds. The maximum Gasteiger partial charge on any atom is 0.237 e. The van der Waals surface area contributed by atoms with Crippen molar-refractivity contribution in [3.05, 3.63) is 0 Å². The van der Waals surface area contributed by atoms with Crippen LogP contribution in [0.5, 0.6) is 0 Å². The van der Waals surface area contributed by atoms with Gasteiger partial charge in [-0.3, -0.25) is 4.79 Å². The van der Waals surface area contributed by atoms with Gasteiger partial charge in [-0.25, -0.2) is 0 Å². The lowest BCUT2D eigenvalue weighted by atomic mass is 10.0. The molecule has 1 atom stereocenters. The number of likely N-dealkylation sites (N-methyl/N-ethyl adjacent to an activating group) is 1. The molecule has 1 rings (SSSR count). The molecule has 94 valence electrons. The Morgan fingerprint density at radius 1 is 1.50 bits per heavy atom. The zero-order valence-corrected chi connectivity index (χ0v) is 10.8. The fraction of sp³-hybridized carbons (Fsp3) is 0.917. The molecule has 0 unspecified atom stereocenters. The van der Waals surface area contributed by atoms with Crippen LogP contribution in [-0.2, 0) is 4.79 Å². The zero-order valence-electron chi connectivity index (χ0n) is 10.8. The molecule has 0 bridgehead atoms. The zero-order chi connectivity index (χ0) is 12.0. The van der Waals surface area contributed by atoms with Crippen LogP contribution in [0.15, 0.2) is 0 Å². The van der Waals surface area contributed by atoms with Gasteiger partial charge in [-0.05, 0) is 40.3 Å². The average Bonchev–Trinajstić information content (AvgIpc) is 2.29. The lowest BCUT2D eigenvalue weighted by molar-refractivity contribution is -0.123. The van der Waals surface area contributed by atoms with Crippen LogP contribution >= 0.6 is 0 Å². The average molecular weight is 227 g/mol. The Morgan fingerprint density at radius 3 is 2.81 bits per heavy atom. The fourth-order valence-electron chi connectivity index (χ4n) is 1.81. The van der Waals surface area contributed by atoms with Gasteiger partial charge in [-0.1, -0.05) is 6.42 Å². The van der Waals surface area contributed by atoms with E-state index >= 15 is 0 Å². The van der Waals surface area contributed by atoms with Crippen LogP contribution < -0.4 is 10.6 Å². The number of nitrogens with zero attached hydrogens (tertiary/aromatic N) is 1. The second-order valence-corrected chi connectivity index (χ2v) is 4.87. The molecule has 1 heterocycles. The van der Waals surface area contributed by atoms with Crippen molar-refractivity contribution in [2.24, 2.45) is 0 Å². The summed E-state index contributed by atoms with van der Waals surface area (Å²) in [6.45, 7) is 6.95. The Labute approximate surface area is 98.8 Å². The second-order valence-electron chi connectivity index (χ2n) is 4.87. The van der Waals surface area contributed by atoms with Crippen molar-refractivity contribution >= 4 is 5.91 Å². The van der Waals surface area contributed by atoms with Gasteiger partial charge in [0.05, 0.1) is 6.04 Å². The van der Waals surface area contributed by atoms with Crippen molar-refractivity contribution in [1.82, 2.24) is 15.5 Å². The van der Waals surface area contributed by atoms with Crippen LogP contribution in [0.4, 0.5) is 0 Å². The second kappa shape index (κ2) is 6.86. The van der Waals surface area contributed by atoms with Crippen LogP contribution in [0.1, 0.15) is 33.1 Å². The molecule has 0 saturated carbocycles. The highest BCUT2D eigenvalue weighted by atomic mass is 16.2. The van der Waals surface area contributed by atoms with E-state index in [1.807, 2.05) is 0 Å². The number of piperidine rings is 1. The summed E-state index contributed by atoms with van der Waals surface area (Å²) >= 11 is 0. The highest BCUT2D eigenvalue weighted by Gasteiger charge is 2.19. The first-order chi connectivity index (χ1) is 7.61. The number of carbonyl (C=O) groups is 1. The summed E-state index contributed by atoms with van der Waals surface area (Å²) in [4.78, 5) is 14.0. The molecular weight excluding hydrogens is 202 g/mol. The van der Waals surface area contributed by atoms with Gasteiger partial charge in [0.2, 0.25) is 5.91 Å². The maximum absolute atomic E-state index is 11.8. The summed E-state index contributed by atoms with van der Waals surface area (Å²) in [5.74, 6) is 0.164. The quantitative estimate of drug-likeness (QED) is 0.722. The van der Waals surface area contributed by atoms with E-state index in [1.54, 1.807) is 0 Å². The summed E-state index contributed by atoms with van der Waals surface area (Å²) in [5, 5.41) is 6.25. The van der Waals surface area contributed by atoms with E-state index in [2.05, 4.69) is 36.4 Å². The van der Waals surface area contributed by atoms with Gasteiger partial charge in [0, 0.05) is 19.1 Å². The molecule has 0 spiro atoms. The van der Waals surface area contributed by atoms with Crippen molar-refractivity contribution in [1.29, 1.82) is 0 Å². The summed E-state index contributed by atoms with van der Waals surface area (Å²) in [6.07, 6.45) is 3.34. The van der Waals surface area contributed by atoms with Crippen molar-refractivity contribution in [3.8, 4) is 0 Å². The Kier molecular flexibility index (Phi) is 5.77. The van der Waals surface area contributed by atoms with E-state index in [4.69, 9.17) is 0 Å². The molecule has 0 aliphatic carbocycles. The number of rotatable bonds is 5. The smallest absolute Gasteiger partial charge is 0.237 e. The standard InChI is InChI=1S/C12H25N3O/c1-10(2)15(3)9-8-14-12(16)11-6-4-5-7-13-11/h10-11,13H,4-9H2,1-3H3,(H,14,16)/t11-/m0/s1. The van der Waals surface area contributed by atoms with Gasteiger partial charge in [-0.2, -0.15) is 0 Å². The molecule has 2 N–H and O–H groups in total. The third-order valence-electron chi connectivity index (χ3n) is 3.27. The molecule has 0 aromatic carbocycles. The van der Waals surface area contributed by atoms with Crippen LogP contribution in [0.25, 0.3) is 0 Å². The summed E-state index contributed by atoms with van der Waals surface area (Å²) < 4.78 is 0. The Balaban J connectivity index is 2.14.